The summed E-state index contributed by atoms with van der Waals surface area (Å²) in [5.74, 6) is 0.394. The maximum absolute atomic E-state index is 13.4. The lowest BCUT2D eigenvalue weighted by Crippen LogP contribution is -2.23. The molecule has 5 rings (SSSR count). The van der Waals surface area contributed by atoms with Gasteiger partial charge >= 0.3 is 0 Å². The Kier molecular flexibility index (Phi) is 6.84. The van der Waals surface area contributed by atoms with Crippen molar-refractivity contribution in [1.82, 2.24) is 18.9 Å². The fourth-order valence-corrected chi connectivity index (χ4v) is 5.90. The van der Waals surface area contributed by atoms with Crippen LogP contribution in [0.4, 0.5) is 5.13 Å². The molecule has 0 atom stereocenters. The van der Waals surface area contributed by atoms with E-state index in [-0.39, 0.29) is 17.2 Å². The van der Waals surface area contributed by atoms with E-state index in [0.717, 1.165) is 28.2 Å². The van der Waals surface area contributed by atoms with E-state index in [1.54, 1.807) is 10.6 Å². The summed E-state index contributed by atoms with van der Waals surface area (Å²) in [5.41, 5.74) is 2.57. The molecule has 0 aliphatic rings. The first-order valence-corrected chi connectivity index (χ1v) is 13.3. The van der Waals surface area contributed by atoms with Gasteiger partial charge in [0.15, 0.2) is 11.0 Å². The molecule has 3 heterocycles. The van der Waals surface area contributed by atoms with Crippen LogP contribution in [-0.2, 0) is 11.3 Å². The van der Waals surface area contributed by atoms with E-state index < -0.39 is 0 Å². The third-order valence-electron chi connectivity index (χ3n) is 5.09. The number of anilines is 1. The van der Waals surface area contributed by atoms with Crippen molar-refractivity contribution in [3.8, 4) is 22.5 Å². The summed E-state index contributed by atoms with van der Waals surface area (Å²) in [4.78, 5) is 35.8. The monoisotopic (exact) mass is 517 g/mol. The van der Waals surface area contributed by atoms with Crippen LogP contribution < -0.4 is 10.9 Å². The predicted octanol–water partition coefficient (Wildman–Crippen LogP) is 5.56. The minimum atomic E-state index is -0.249. The summed E-state index contributed by atoms with van der Waals surface area (Å²) in [6, 6.07) is 19.3. The molecular formula is C25H19N5O2S3. The Morgan fingerprint density at radius 2 is 1.77 bits per heavy atom. The Hall–Kier alpha value is -3.60. The van der Waals surface area contributed by atoms with Gasteiger partial charge < -0.3 is 0 Å². The average molecular weight is 518 g/mol. The maximum atomic E-state index is 13.4. The fraction of sp³-hybridized carbons (Fsp3) is 0.0800. The molecule has 0 bridgehead atoms. The van der Waals surface area contributed by atoms with Gasteiger partial charge in [0, 0.05) is 34.6 Å². The molecule has 0 unspecified atom stereocenters. The van der Waals surface area contributed by atoms with Crippen LogP contribution >= 0.6 is 34.6 Å². The quantitative estimate of drug-likeness (QED) is 0.165. The largest absolute Gasteiger partial charge is 0.300 e. The smallest absolute Gasteiger partial charge is 0.263 e. The molecule has 7 nitrogen and oxygen atoms in total. The van der Waals surface area contributed by atoms with E-state index in [0.29, 0.717) is 32.9 Å². The van der Waals surface area contributed by atoms with E-state index in [4.69, 9.17) is 4.98 Å². The highest BCUT2D eigenvalue weighted by Gasteiger charge is 2.18. The van der Waals surface area contributed by atoms with Crippen molar-refractivity contribution >= 4 is 55.9 Å². The molecule has 0 aliphatic carbocycles. The lowest BCUT2D eigenvalue weighted by atomic mass is 10.1. The second kappa shape index (κ2) is 10.3. The molecule has 2 aromatic carbocycles. The van der Waals surface area contributed by atoms with Crippen LogP contribution in [0.15, 0.2) is 88.6 Å². The van der Waals surface area contributed by atoms with Crippen LogP contribution in [-0.4, -0.2) is 30.6 Å². The number of carbonyl (C=O) groups is 1. The van der Waals surface area contributed by atoms with Gasteiger partial charge in [0.25, 0.3) is 5.56 Å². The number of aromatic nitrogens is 4. The molecule has 0 saturated heterocycles. The number of nitrogens with one attached hydrogen (secondary N) is 1. The van der Waals surface area contributed by atoms with Crippen LogP contribution in [0.25, 0.3) is 32.7 Å². The van der Waals surface area contributed by atoms with Crippen LogP contribution in [0.2, 0.25) is 0 Å². The van der Waals surface area contributed by atoms with E-state index in [1.165, 1.54) is 23.1 Å². The van der Waals surface area contributed by atoms with Crippen molar-refractivity contribution in [2.24, 2.45) is 0 Å². The number of amides is 1. The van der Waals surface area contributed by atoms with Gasteiger partial charge in [-0.2, -0.15) is 9.36 Å². The van der Waals surface area contributed by atoms with Gasteiger partial charge in [0.05, 0.1) is 11.1 Å². The Balaban J connectivity index is 1.36. The van der Waals surface area contributed by atoms with E-state index in [2.05, 4.69) is 21.3 Å². The predicted molar refractivity (Wildman–Crippen MR) is 144 cm³/mol. The molecule has 0 saturated carbocycles. The highest BCUT2D eigenvalue weighted by molar-refractivity contribution is 7.99. The molecule has 5 aromatic rings. The van der Waals surface area contributed by atoms with Crippen molar-refractivity contribution in [2.75, 3.05) is 11.1 Å². The average Bonchev–Trinajstić information content (AvgIpc) is 3.53. The van der Waals surface area contributed by atoms with Gasteiger partial charge in [0.2, 0.25) is 11.0 Å². The van der Waals surface area contributed by atoms with Crippen molar-refractivity contribution in [2.45, 2.75) is 11.7 Å². The zero-order valence-electron chi connectivity index (χ0n) is 18.4. The van der Waals surface area contributed by atoms with Crippen LogP contribution in [0.3, 0.4) is 0 Å². The molecule has 1 N–H and O–H groups in total. The molecule has 174 valence electrons. The summed E-state index contributed by atoms with van der Waals surface area (Å²) < 4.78 is 5.87. The number of allylic oxidation sites excluding steroid dienone is 1. The van der Waals surface area contributed by atoms with Gasteiger partial charge in [-0.1, -0.05) is 78.5 Å². The maximum Gasteiger partial charge on any atom is 0.263 e. The number of nitrogens with zero attached hydrogens (tertiary/aromatic N) is 4. The highest BCUT2D eigenvalue weighted by Crippen LogP contribution is 2.32. The number of fused-ring (bicyclic) bond motifs is 1. The second-order valence-corrected chi connectivity index (χ2v) is 9.97. The first-order valence-electron chi connectivity index (χ1n) is 10.6. The first kappa shape index (κ1) is 23.2. The summed E-state index contributed by atoms with van der Waals surface area (Å²) in [6.45, 7) is 4.08. The van der Waals surface area contributed by atoms with E-state index in [1.807, 2.05) is 66.0 Å². The first-order chi connectivity index (χ1) is 17.1. The normalized spacial score (nSPS) is 11.0. The van der Waals surface area contributed by atoms with E-state index >= 15 is 0 Å². The molecule has 0 spiro atoms. The number of hydrogen-bond donors (Lipinski definition) is 1. The minimum Gasteiger partial charge on any atom is -0.300 e. The van der Waals surface area contributed by atoms with Crippen molar-refractivity contribution in [3.63, 3.8) is 0 Å². The number of thiophene rings is 1. The topological polar surface area (TPSA) is 89.8 Å². The molecule has 35 heavy (non-hydrogen) atoms. The number of thioether (sulfide) groups is 1. The van der Waals surface area contributed by atoms with Gasteiger partial charge in [-0.15, -0.1) is 17.9 Å². The fourth-order valence-electron chi connectivity index (χ4n) is 3.50. The summed E-state index contributed by atoms with van der Waals surface area (Å²) in [6.07, 6.45) is 1.65. The lowest BCUT2D eigenvalue weighted by molar-refractivity contribution is -0.113. The molecule has 3 aromatic heterocycles. The van der Waals surface area contributed by atoms with Gasteiger partial charge in [-0.05, 0) is 5.56 Å². The Morgan fingerprint density at radius 1 is 1.06 bits per heavy atom. The second-order valence-electron chi connectivity index (χ2n) is 7.42. The Morgan fingerprint density at radius 3 is 2.49 bits per heavy atom. The number of rotatable bonds is 8. The van der Waals surface area contributed by atoms with Crippen molar-refractivity contribution in [1.29, 1.82) is 0 Å². The summed E-state index contributed by atoms with van der Waals surface area (Å²) >= 11 is 3.75. The zero-order valence-corrected chi connectivity index (χ0v) is 20.8. The van der Waals surface area contributed by atoms with Gasteiger partial charge in [-0.25, -0.2) is 4.98 Å². The van der Waals surface area contributed by atoms with E-state index in [9.17, 15) is 9.59 Å². The molecule has 1 amide bonds. The third-order valence-corrected chi connectivity index (χ3v) is 7.57. The molecular weight excluding hydrogens is 499 g/mol. The zero-order chi connectivity index (χ0) is 24.2. The highest BCUT2D eigenvalue weighted by atomic mass is 32.2. The molecule has 10 heteroatoms. The van der Waals surface area contributed by atoms with Crippen LogP contribution in [0.1, 0.15) is 0 Å². The Bertz CT molecular complexity index is 1560. The lowest BCUT2D eigenvalue weighted by Gasteiger charge is -2.10. The van der Waals surface area contributed by atoms with Crippen LogP contribution in [0.5, 0.6) is 0 Å². The minimum absolute atomic E-state index is 0.0757. The third kappa shape index (κ3) is 4.95. The molecule has 0 aliphatic heterocycles. The SMILES string of the molecule is C=CCn1c(SCC(=O)Nc2nc(-c3ccccc3)ns2)nc2scc(-c3ccccc3)c2c1=O. The number of hydrogen-bond acceptors (Lipinski definition) is 8. The standard InChI is InChI=1S/C25H19N5O2S3/c1-2-13-30-23(32)20-18(16-9-5-3-6-10-16)14-33-22(20)28-25(30)34-15-19(31)26-24-27-21(29-35-24)17-11-7-4-8-12-17/h2-12,14H,1,13,15H2,(H,26,27,29,31). The van der Waals surface area contributed by atoms with Crippen molar-refractivity contribution in [3.05, 3.63) is 89.1 Å². The van der Waals surface area contributed by atoms with Gasteiger partial charge in [-0.3, -0.25) is 19.5 Å². The molecule has 0 radical (unpaired) electrons. The molecule has 0 fully saturated rings. The Labute approximate surface area is 213 Å². The number of benzene rings is 2. The van der Waals surface area contributed by atoms with Crippen molar-refractivity contribution < 1.29 is 4.79 Å². The number of carbonyl (C=O) groups excluding carboxylic acids is 1. The summed E-state index contributed by atoms with van der Waals surface area (Å²) in [5, 5.41) is 6.21. The van der Waals surface area contributed by atoms with Crippen LogP contribution in [0, 0.1) is 0 Å². The summed E-state index contributed by atoms with van der Waals surface area (Å²) in [7, 11) is 0. The van der Waals surface area contributed by atoms with Gasteiger partial charge in [0.1, 0.15) is 4.83 Å².